The highest BCUT2D eigenvalue weighted by atomic mass is 35.5. The van der Waals surface area contributed by atoms with Gasteiger partial charge in [-0.25, -0.2) is 0 Å². The minimum Gasteiger partial charge on any atom is -0.508 e. The summed E-state index contributed by atoms with van der Waals surface area (Å²) in [7, 11) is 0. The van der Waals surface area contributed by atoms with Gasteiger partial charge in [0.1, 0.15) is 5.75 Å². The Morgan fingerprint density at radius 3 is 2.67 bits per heavy atom. The third-order valence-electron chi connectivity index (χ3n) is 1.42. The summed E-state index contributed by atoms with van der Waals surface area (Å²) in [5.41, 5.74) is 0.870. The molecule has 1 aromatic carbocycles. The van der Waals surface area contributed by atoms with Gasteiger partial charge in [-0.1, -0.05) is 35.8 Å². The SMILES string of the molecule is C=C(Cl)Cc1ccc(O)cc1Cl. The quantitative estimate of drug-likeness (QED) is 0.781. The van der Waals surface area contributed by atoms with E-state index in [9.17, 15) is 0 Å². The summed E-state index contributed by atoms with van der Waals surface area (Å²) in [4.78, 5) is 0. The molecule has 0 aromatic heterocycles. The normalized spacial score (nSPS) is 9.83. The first kappa shape index (κ1) is 9.43. The third-order valence-corrected chi connectivity index (χ3v) is 1.90. The second-order valence-electron chi connectivity index (χ2n) is 2.47. The van der Waals surface area contributed by atoms with Gasteiger partial charge >= 0.3 is 0 Å². The summed E-state index contributed by atoms with van der Waals surface area (Å²) >= 11 is 11.4. The number of halogens is 2. The molecule has 1 aromatic rings. The van der Waals surface area contributed by atoms with Crippen molar-refractivity contribution in [3.8, 4) is 5.75 Å². The van der Waals surface area contributed by atoms with Crippen LogP contribution in [-0.2, 0) is 6.42 Å². The Bertz CT molecular complexity index is 307. The van der Waals surface area contributed by atoms with Crippen LogP contribution in [0.2, 0.25) is 5.02 Å². The number of rotatable bonds is 2. The van der Waals surface area contributed by atoms with E-state index in [4.69, 9.17) is 28.3 Å². The van der Waals surface area contributed by atoms with Crippen LogP contribution < -0.4 is 0 Å². The van der Waals surface area contributed by atoms with Crippen LogP contribution in [0, 0.1) is 0 Å². The van der Waals surface area contributed by atoms with Crippen LogP contribution in [0.1, 0.15) is 5.56 Å². The molecule has 0 spiro atoms. The molecule has 12 heavy (non-hydrogen) atoms. The topological polar surface area (TPSA) is 20.2 Å². The number of phenols is 1. The molecule has 0 atom stereocenters. The van der Waals surface area contributed by atoms with Crippen LogP contribution in [0.3, 0.4) is 0 Å². The van der Waals surface area contributed by atoms with Crippen molar-refractivity contribution in [3.63, 3.8) is 0 Å². The zero-order valence-corrected chi connectivity index (χ0v) is 7.86. The lowest BCUT2D eigenvalue weighted by Crippen LogP contribution is -1.84. The van der Waals surface area contributed by atoms with Crippen molar-refractivity contribution < 1.29 is 5.11 Å². The first-order valence-electron chi connectivity index (χ1n) is 3.40. The van der Waals surface area contributed by atoms with Gasteiger partial charge in [0.05, 0.1) is 0 Å². The summed E-state index contributed by atoms with van der Waals surface area (Å²) in [5, 5.41) is 10.1. The maximum Gasteiger partial charge on any atom is 0.117 e. The fourth-order valence-corrected chi connectivity index (χ4v) is 1.27. The lowest BCUT2D eigenvalue weighted by atomic mass is 10.1. The summed E-state index contributed by atoms with van der Waals surface area (Å²) in [6.07, 6.45) is 0.528. The first-order valence-corrected chi connectivity index (χ1v) is 4.16. The summed E-state index contributed by atoms with van der Waals surface area (Å²) in [6, 6.07) is 4.78. The Labute approximate surface area is 81.2 Å². The number of hydrogen-bond acceptors (Lipinski definition) is 1. The van der Waals surface area contributed by atoms with Crippen molar-refractivity contribution in [3.05, 3.63) is 40.4 Å². The summed E-state index contributed by atoms with van der Waals surface area (Å²) in [6.45, 7) is 3.56. The molecule has 3 heteroatoms. The number of hydrogen-bond donors (Lipinski definition) is 1. The number of aromatic hydroxyl groups is 1. The first-order chi connectivity index (χ1) is 5.59. The average Bonchev–Trinajstić information content (AvgIpc) is 1.94. The highest BCUT2D eigenvalue weighted by molar-refractivity contribution is 6.32. The van der Waals surface area contributed by atoms with Gasteiger partial charge in [-0.15, -0.1) is 0 Å². The van der Waals surface area contributed by atoms with Crippen molar-refractivity contribution in [2.24, 2.45) is 0 Å². The van der Waals surface area contributed by atoms with Crippen LogP contribution in [0.5, 0.6) is 5.75 Å². The van der Waals surface area contributed by atoms with Gasteiger partial charge in [0.2, 0.25) is 0 Å². The van der Waals surface area contributed by atoms with Crippen LogP contribution in [-0.4, -0.2) is 5.11 Å². The van der Waals surface area contributed by atoms with Crippen LogP contribution in [0.4, 0.5) is 0 Å². The van der Waals surface area contributed by atoms with E-state index < -0.39 is 0 Å². The molecule has 1 N–H and O–H groups in total. The number of allylic oxidation sites excluding steroid dienone is 1. The largest absolute Gasteiger partial charge is 0.508 e. The zero-order chi connectivity index (χ0) is 9.14. The van der Waals surface area contributed by atoms with E-state index >= 15 is 0 Å². The van der Waals surface area contributed by atoms with Crippen molar-refractivity contribution in [2.75, 3.05) is 0 Å². The minimum atomic E-state index is 0.156. The van der Waals surface area contributed by atoms with Gasteiger partial charge in [0, 0.05) is 16.5 Å². The lowest BCUT2D eigenvalue weighted by molar-refractivity contribution is 0.475. The van der Waals surface area contributed by atoms with Gasteiger partial charge in [-0.3, -0.25) is 0 Å². The fourth-order valence-electron chi connectivity index (χ4n) is 0.886. The molecule has 0 aliphatic rings. The van der Waals surface area contributed by atoms with Crippen LogP contribution in [0.15, 0.2) is 29.8 Å². The minimum absolute atomic E-state index is 0.156. The van der Waals surface area contributed by atoms with Crippen molar-refractivity contribution in [2.45, 2.75) is 6.42 Å². The van der Waals surface area contributed by atoms with Gasteiger partial charge in [-0.2, -0.15) is 0 Å². The van der Waals surface area contributed by atoms with Crippen LogP contribution in [0.25, 0.3) is 0 Å². The maximum absolute atomic E-state index is 9.03. The molecule has 0 aliphatic carbocycles. The number of phenolic OH excluding ortho intramolecular Hbond substituents is 1. The van der Waals surface area contributed by atoms with Gasteiger partial charge < -0.3 is 5.11 Å². The fraction of sp³-hybridized carbons (Fsp3) is 0.111. The Balaban J connectivity index is 2.93. The Morgan fingerprint density at radius 1 is 1.50 bits per heavy atom. The second-order valence-corrected chi connectivity index (χ2v) is 3.41. The molecule has 0 bridgehead atoms. The molecule has 0 heterocycles. The summed E-state index contributed by atoms with van der Waals surface area (Å²) < 4.78 is 0. The molecule has 1 nitrogen and oxygen atoms in total. The maximum atomic E-state index is 9.03. The van der Waals surface area contributed by atoms with E-state index in [1.165, 1.54) is 6.07 Å². The Kier molecular flexibility index (Phi) is 3.01. The number of benzene rings is 1. The Hall–Kier alpha value is -0.660. The average molecular weight is 203 g/mol. The van der Waals surface area contributed by atoms with Gasteiger partial charge in [0.15, 0.2) is 0 Å². The highest BCUT2D eigenvalue weighted by Gasteiger charge is 2.01. The zero-order valence-electron chi connectivity index (χ0n) is 6.35. The van der Waals surface area contributed by atoms with E-state index in [0.29, 0.717) is 16.5 Å². The molecule has 0 saturated heterocycles. The van der Waals surface area contributed by atoms with Crippen LogP contribution >= 0.6 is 23.2 Å². The van der Waals surface area contributed by atoms with E-state index in [1.54, 1.807) is 12.1 Å². The molecule has 0 unspecified atom stereocenters. The molecule has 1 rings (SSSR count). The molecule has 0 radical (unpaired) electrons. The van der Waals surface area contributed by atoms with Gasteiger partial charge in [0.25, 0.3) is 0 Å². The standard InChI is InChI=1S/C9H8Cl2O/c1-6(10)4-7-2-3-8(12)5-9(7)11/h2-3,5,12H,1,4H2. The lowest BCUT2D eigenvalue weighted by Gasteiger charge is -2.02. The van der Waals surface area contributed by atoms with E-state index in [-0.39, 0.29) is 5.75 Å². The highest BCUT2D eigenvalue weighted by Crippen LogP contribution is 2.23. The van der Waals surface area contributed by atoms with Crippen molar-refractivity contribution >= 4 is 23.2 Å². The van der Waals surface area contributed by atoms with E-state index in [2.05, 4.69) is 6.58 Å². The molecular weight excluding hydrogens is 195 g/mol. The van der Waals surface area contributed by atoms with Gasteiger partial charge in [-0.05, 0) is 17.7 Å². The summed E-state index contributed by atoms with van der Waals surface area (Å²) in [5.74, 6) is 0.156. The molecule has 0 fully saturated rings. The molecular formula is C9H8Cl2O. The predicted molar refractivity (Wildman–Crippen MR) is 51.8 cm³/mol. The van der Waals surface area contributed by atoms with E-state index in [1.807, 2.05) is 0 Å². The molecule has 0 aliphatic heterocycles. The predicted octanol–water partition coefficient (Wildman–Crippen LogP) is 3.34. The molecule has 0 amide bonds. The smallest absolute Gasteiger partial charge is 0.117 e. The van der Waals surface area contributed by atoms with Crippen molar-refractivity contribution in [1.29, 1.82) is 0 Å². The second kappa shape index (κ2) is 3.83. The molecule has 64 valence electrons. The van der Waals surface area contributed by atoms with E-state index in [0.717, 1.165) is 5.56 Å². The van der Waals surface area contributed by atoms with Crippen molar-refractivity contribution in [1.82, 2.24) is 0 Å². The third kappa shape index (κ3) is 2.43. The monoisotopic (exact) mass is 202 g/mol. The molecule has 0 saturated carbocycles. The Morgan fingerprint density at radius 2 is 2.17 bits per heavy atom.